The van der Waals surface area contributed by atoms with E-state index in [-0.39, 0.29) is 22.4 Å². The lowest BCUT2D eigenvalue weighted by Gasteiger charge is -2.24. The minimum atomic E-state index is -1.83. The Kier molecular flexibility index (Phi) is 6.13. The molecule has 0 bridgehead atoms. The highest BCUT2D eigenvalue weighted by atomic mass is 79.9. The zero-order chi connectivity index (χ0) is 18.6. The number of halogens is 3. The number of amides is 1. The average Bonchev–Trinajstić information content (AvgIpc) is 2.57. The molecule has 2 unspecified atom stereocenters. The number of hydrogen-bond donors (Lipinski definition) is 2. The molecule has 0 saturated carbocycles. The normalized spacial score (nSPS) is 14.5. The molecule has 0 fully saturated rings. The van der Waals surface area contributed by atoms with Crippen molar-refractivity contribution in [3.63, 3.8) is 0 Å². The van der Waals surface area contributed by atoms with Crippen molar-refractivity contribution in [1.29, 1.82) is 0 Å². The summed E-state index contributed by atoms with van der Waals surface area (Å²) in [5, 5.41) is 13.1. The molecule has 4 nitrogen and oxygen atoms in total. The summed E-state index contributed by atoms with van der Waals surface area (Å²) in [6, 6.07) is 9.39. The van der Waals surface area contributed by atoms with Crippen molar-refractivity contribution in [1.82, 2.24) is 5.32 Å². The Morgan fingerprint density at radius 3 is 2.52 bits per heavy atom. The molecule has 0 saturated heterocycles. The lowest BCUT2D eigenvalue weighted by Crippen LogP contribution is -2.45. The van der Waals surface area contributed by atoms with E-state index in [2.05, 4.69) is 21.2 Å². The number of hydrogen-bond acceptors (Lipinski definition) is 3. The van der Waals surface area contributed by atoms with Gasteiger partial charge in [-0.2, -0.15) is 0 Å². The number of rotatable bonds is 6. The van der Waals surface area contributed by atoms with Crippen LogP contribution in [0.25, 0.3) is 0 Å². The van der Waals surface area contributed by atoms with Crippen molar-refractivity contribution in [2.45, 2.75) is 25.6 Å². The largest absolute Gasteiger partial charge is 0.489 e. The van der Waals surface area contributed by atoms with Gasteiger partial charge in [-0.3, -0.25) is 4.79 Å². The van der Waals surface area contributed by atoms with Crippen molar-refractivity contribution < 1.29 is 23.4 Å². The van der Waals surface area contributed by atoms with Crippen LogP contribution in [0.4, 0.5) is 8.78 Å². The number of carbonyl (C=O) groups excluding carboxylic acids is 1. The average molecular weight is 414 g/mol. The van der Waals surface area contributed by atoms with Crippen LogP contribution in [0.2, 0.25) is 0 Å². The maximum absolute atomic E-state index is 13.3. The summed E-state index contributed by atoms with van der Waals surface area (Å²) in [6.07, 6.45) is -0.398. The molecule has 1 amide bonds. The van der Waals surface area contributed by atoms with Gasteiger partial charge in [0.25, 0.3) is 5.91 Å². The fourth-order valence-corrected chi connectivity index (χ4v) is 2.50. The number of nitrogens with one attached hydrogen (secondary N) is 1. The summed E-state index contributed by atoms with van der Waals surface area (Å²) in [5.41, 5.74) is -1.57. The van der Waals surface area contributed by atoms with Crippen molar-refractivity contribution in [2.24, 2.45) is 0 Å². The minimum absolute atomic E-state index is 0.134. The second kappa shape index (κ2) is 7.93. The summed E-state index contributed by atoms with van der Waals surface area (Å²) < 4.78 is 31.9. The number of carbonyl (C=O) groups is 1. The first-order valence-corrected chi connectivity index (χ1v) is 8.38. The Hall–Kier alpha value is -1.99. The molecule has 7 heteroatoms. The van der Waals surface area contributed by atoms with E-state index < -0.39 is 23.4 Å². The lowest BCUT2D eigenvalue weighted by molar-refractivity contribution is -0.139. The van der Waals surface area contributed by atoms with Crippen LogP contribution in [0.1, 0.15) is 19.4 Å². The van der Waals surface area contributed by atoms with Crippen LogP contribution in [0.15, 0.2) is 46.9 Å². The van der Waals surface area contributed by atoms with E-state index in [0.29, 0.717) is 5.75 Å². The summed E-state index contributed by atoms with van der Waals surface area (Å²) in [6.45, 7) is 3.19. The second-order valence-electron chi connectivity index (χ2n) is 5.79. The molecule has 25 heavy (non-hydrogen) atoms. The molecule has 0 spiro atoms. The van der Waals surface area contributed by atoms with Gasteiger partial charge >= 0.3 is 0 Å². The molecule has 2 N–H and O–H groups in total. The summed E-state index contributed by atoms with van der Waals surface area (Å²) in [4.78, 5) is 12.3. The van der Waals surface area contributed by atoms with Gasteiger partial charge in [-0.05, 0) is 71.7 Å². The highest BCUT2D eigenvalue weighted by Crippen LogP contribution is 2.26. The third-order valence-electron chi connectivity index (χ3n) is 3.62. The van der Waals surface area contributed by atoms with Crippen LogP contribution in [0.5, 0.6) is 5.75 Å². The first-order valence-electron chi connectivity index (χ1n) is 7.58. The van der Waals surface area contributed by atoms with Gasteiger partial charge in [0, 0.05) is 0 Å². The monoisotopic (exact) mass is 413 g/mol. The van der Waals surface area contributed by atoms with Crippen molar-refractivity contribution in [3.8, 4) is 5.75 Å². The van der Waals surface area contributed by atoms with Gasteiger partial charge < -0.3 is 15.2 Å². The summed E-state index contributed by atoms with van der Waals surface area (Å²) in [7, 11) is 0. The van der Waals surface area contributed by atoms with Gasteiger partial charge in [-0.1, -0.05) is 6.07 Å². The Morgan fingerprint density at radius 1 is 1.28 bits per heavy atom. The van der Waals surface area contributed by atoms with Gasteiger partial charge in [-0.25, -0.2) is 8.78 Å². The van der Waals surface area contributed by atoms with Crippen LogP contribution in [0.3, 0.4) is 0 Å². The van der Waals surface area contributed by atoms with Gasteiger partial charge in [0.2, 0.25) is 0 Å². The second-order valence-corrected chi connectivity index (χ2v) is 6.65. The van der Waals surface area contributed by atoms with E-state index >= 15 is 0 Å². The first kappa shape index (κ1) is 19.3. The summed E-state index contributed by atoms with van der Waals surface area (Å²) in [5.74, 6) is -1.02. The molecule has 0 radical (unpaired) electrons. The molecule has 0 aliphatic heterocycles. The zero-order valence-corrected chi connectivity index (χ0v) is 15.3. The fourth-order valence-electron chi connectivity index (χ4n) is 2.13. The summed E-state index contributed by atoms with van der Waals surface area (Å²) >= 11 is 3.03. The minimum Gasteiger partial charge on any atom is -0.489 e. The van der Waals surface area contributed by atoms with Gasteiger partial charge in [0.15, 0.2) is 5.60 Å². The molecule has 134 valence electrons. The lowest BCUT2D eigenvalue weighted by atomic mass is 9.95. The Morgan fingerprint density at radius 2 is 1.92 bits per heavy atom. The Labute approximate surface area is 152 Å². The smallest absolute Gasteiger partial charge is 0.256 e. The van der Waals surface area contributed by atoms with E-state index in [1.54, 1.807) is 6.92 Å². The predicted octanol–water partition coefficient (Wildman–Crippen LogP) is 3.52. The molecule has 0 heterocycles. The van der Waals surface area contributed by atoms with E-state index in [9.17, 15) is 18.7 Å². The van der Waals surface area contributed by atoms with Crippen LogP contribution >= 0.6 is 15.9 Å². The van der Waals surface area contributed by atoms with Crippen LogP contribution in [-0.2, 0) is 10.4 Å². The Bertz CT molecular complexity index is 750. The first-order chi connectivity index (χ1) is 11.7. The van der Waals surface area contributed by atoms with E-state index in [0.717, 1.165) is 0 Å². The van der Waals surface area contributed by atoms with E-state index in [1.807, 2.05) is 0 Å². The molecule has 2 aromatic rings. The highest BCUT2D eigenvalue weighted by Gasteiger charge is 2.33. The third-order valence-corrected chi connectivity index (χ3v) is 4.23. The van der Waals surface area contributed by atoms with Crippen LogP contribution < -0.4 is 10.1 Å². The standard InChI is InChI=1S/C18H18BrF2NO3/c1-11(25-14-6-4-13(20)5-7-14)10-22-17(23)18(2,24)12-3-8-16(21)15(19)9-12/h3-9,11,24H,10H2,1-2H3,(H,22,23). The topological polar surface area (TPSA) is 58.6 Å². The van der Waals surface area contributed by atoms with Crippen molar-refractivity contribution in [3.05, 3.63) is 64.1 Å². The van der Waals surface area contributed by atoms with E-state index in [4.69, 9.17) is 4.74 Å². The molecule has 0 aromatic heterocycles. The maximum atomic E-state index is 13.3. The Balaban J connectivity index is 1.95. The molecule has 2 atom stereocenters. The van der Waals surface area contributed by atoms with E-state index in [1.165, 1.54) is 49.4 Å². The molecule has 2 rings (SSSR count). The molecule has 0 aliphatic rings. The van der Waals surface area contributed by atoms with Gasteiger partial charge in [0.1, 0.15) is 23.5 Å². The number of aliphatic hydroxyl groups is 1. The van der Waals surface area contributed by atoms with Gasteiger partial charge in [-0.15, -0.1) is 0 Å². The predicted molar refractivity (Wildman–Crippen MR) is 93.2 cm³/mol. The fraction of sp³-hybridized carbons (Fsp3) is 0.278. The SMILES string of the molecule is CC(CNC(=O)C(C)(O)c1ccc(F)c(Br)c1)Oc1ccc(F)cc1. The quantitative estimate of drug-likeness (QED) is 0.761. The van der Waals surface area contributed by atoms with Crippen molar-refractivity contribution >= 4 is 21.8 Å². The highest BCUT2D eigenvalue weighted by molar-refractivity contribution is 9.10. The number of benzene rings is 2. The van der Waals surface area contributed by atoms with Crippen LogP contribution in [0, 0.1) is 11.6 Å². The van der Waals surface area contributed by atoms with Crippen LogP contribution in [-0.4, -0.2) is 23.7 Å². The maximum Gasteiger partial charge on any atom is 0.256 e. The molecule has 0 aliphatic carbocycles. The molecular formula is C18H18BrF2NO3. The van der Waals surface area contributed by atoms with Gasteiger partial charge in [0.05, 0.1) is 11.0 Å². The molecule has 2 aromatic carbocycles. The number of ether oxygens (including phenoxy) is 1. The zero-order valence-electron chi connectivity index (χ0n) is 13.7. The van der Waals surface area contributed by atoms with Crippen molar-refractivity contribution in [2.75, 3.05) is 6.54 Å². The third kappa shape index (κ3) is 4.99. The molecular weight excluding hydrogens is 396 g/mol.